The van der Waals surface area contributed by atoms with E-state index in [1.54, 1.807) is 12.1 Å². The summed E-state index contributed by atoms with van der Waals surface area (Å²) in [6.07, 6.45) is 1.02. The second-order valence-corrected chi connectivity index (χ2v) is 2.90. The van der Waals surface area contributed by atoms with E-state index in [0.717, 1.165) is 0 Å². The van der Waals surface area contributed by atoms with Crippen molar-refractivity contribution in [3.05, 3.63) is 24.2 Å². The molecule has 1 heterocycles. The van der Waals surface area contributed by atoms with E-state index >= 15 is 0 Å². The molecule has 1 N–H and O–H groups in total. The average molecular weight is 197 g/mol. The van der Waals surface area contributed by atoms with Gasteiger partial charge in [-0.05, 0) is 12.1 Å². The number of rotatable bonds is 4. The lowest BCUT2D eigenvalue weighted by atomic mass is 10.3. The first-order valence-corrected chi connectivity index (χ1v) is 4.07. The molecule has 0 atom stereocenters. The van der Waals surface area contributed by atoms with Crippen molar-refractivity contribution in [2.45, 2.75) is 13.0 Å². The van der Waals surface area contributed by atoms with Crippen LogP contribution in [0, 0.1) is 0 Å². The molecule has 14 heavy (non-hydrogen) atoms. The predicted octanol–water partition coefficient (Wildman–Crippen LogP) is 0.713. The Balaban J connectivity index is 2.46. The molecule has 1 rings (SSSR count). The number of furan rings is 1. The SMILES string of the molecule is CN(Cc1ccco1)C(=O)CC(=O)O. The first-order valence-electron chi connectivity index (χ1n) is 4.07. The molecule has 0 saturated heterocycles. The van der Waals surface area contributed by atoms with Crippen LogP contribution in [0.15, 0.2) is 22.8 Å². The third kappa shape index (κ3) is 2.93. The topological polar surface area (TPSA) is 70.8 Å². The zero-order chi connectivity index (χ0) is 10.6. The normalized spacial score (nSPS) is 9.79. The number of nitrogens with zero attached hydrogens (tertiary/aromatic N) is 1. The molecule has 1 amide bonds. The van der Waals surface area contributed by atoms with Crippen LogP contribution in [0.1, 0.15) is 12.2 Å². The van der Waals surface area contributed by atoms with E-state index in [2.05, 4.69) is 0 Å². The van der Waals surface area contributed by atoms with E-state index in [1.807, 2.05) is 0 Å². The molecule has 0 spiro atoms. The Labute approximate surface area is 80.9 Å². The van der Waals surface area contributed by atoms with Crippen LogP contribution in [0.25, 0.3) is 0 Å². The maximum atomic E-state index is 11.2. The molecule has 5 nitrogen and oxygen atoms in total. The van der Waals surface area contributed by atoms with Gasteiger partial charge in [-0.25, -0.2) is 0 Å². The number of hydrogen-bond acceptors (Lipinski definition) is 3. The van der Waals surface area contributed by atoms with Gasteiger partial charge in [0.1, 0.15) is 12.2 Å². The van der Waals surface area contributed by atoms with Crippen LogP contribution in [0.4, 0.5) is 0 Å². The Kier molecular flexibility index (Phi) is 3.28. The third-order valence-corrected chi connectivity index (χ3v) is 1.70. The second kappa shape index (κ2) is 4.45. The molecule has 1 aromatic heterocycles. The number of carboxylic acids is 1. The van der Waals surface area contributed by atoms with Crippen LogP contribution >= 0.6 is 0 Å². The zero-order valence-electron chi connectivity index (χ0n) is 7.77. The van der Waals surface area contributed by atoms with E-state index in [-0.39, 0.29) is 0 Å². The summed E-state index contributed by atoms with van der Waals surface area (Å²) in [7, 11) is 1.54. The van der Waals surface area contributed by atoms with Crippen molar-refractivity contribution in [3.8, 4) is 0 Å². The minimum absolute atomic E-state index is 0.291. The van der Waals surface area contributed by atoms with E-state index < -0.39 is 18.3 Å². The lowest BCUT2D eigenvalue weighted by Gasteiger charge is -2.13. The zero-order valence-corrected chi connectivity index (χ0v) is 7.77. The monoisotopic (exact) mass is 197 g/mol. The van der Waals surface area contributed by atoms with Crippen molar-refractivity contribution in [2.24, 2.45) is 0 Å². The van der Waals surface area contributed by atoms with Crippen molar-refractivity contribution in [2.75, 3.05) is 7.05 Å². The number of aliphatic carboxylic acids is 1. The van der Waals surface area contributed by atoms with Gasteiger partial charge >= 0.3 is 5.97 Å². The number of carbonyl (C=O) groups excluding carboxylic acids is 1. The maximum absolute atomic E-state index is 11.2. The number of hydrogen-bond donors (Lipinski definition) is 1. The van der Waals surface area contributed by atoms with Crippen LogP contribution in [-0.2, 0) is 16.1 Å². The maximum Gasteiger partial charge on any atom is 0.312 e. The Morgan fingerprint density at radius 1 is 1.57 bits per heavy atom. The molecular weight excluding hydrogens is 186 g/mol. The molecular formula is C9H11NO4. The minimum Gasteiger partial charge on any atom is -0.481 e. The summed E-state index contributed by atoms with van der Waals surface area (Å²) >= 11 is 0. The second-order valence-electron chi connectivity index (χ2n) is 2.90. The molecule has 0 saturated carbocycles. The molecule has 0 unspecified atom stereocenters. The fraction of sp³-hybridized carbons (Fsp3) is 0.333. The van der Waals surface area contributed by atoms with Gasteiger partial charge in [-0.1, -0.05) is 0 Å². The number of amides is 1. The summed E-state index contributed by atoms with van der Waals surface area (Å²) in [6.45, 7) is 0.291. The highest BCUT2D eigenvalue weighted by molar-refractivity contribution is 5.93. The van der Waals surface area contributed by atoms with Crippen LogP contribution in [0.3, 0.4) is 0 Å². The Hall–Kier alpha value is -1.78. The van der Waals surface area contributed by atoms with E-state index in [1.165, 1.54) is 18.2 Å². The van der Waals surface area contributed by atoms with E-state index in [9.17, 15) is 9.59 Å². The van der Waals surface area contributed by atoms with Crippen molar-refractivity contribution in [1.29, 1.82) is 0 Å². The van der Waals surface area contributed by atoms with Crippen molar-refractivity contribution in [1.82, 2.24) is 4.90 Å². The largest absolute Gasteiger partial charge is 0.481 e. The average Bonchev–Trinajstić information content (AvgIpc) is 2.55. The molecule has 0 aliphatic rings. The molecule has 0 aliphatic carbocycles. The first-order chi connectivity index (χ1) is 6.59. The molecule has 0 aromatic carbocycles. The molecule has 0 radical (unpaired) electrons. The van der Waals surface area contributed by atoms with Gasteiger partial charge in [0, 0.05) is 7.05 Å². The number of carboxylic acid groups (broad SMARTS) is 1. The lowest BCUT2D eigenvalue weighted by molar-refractivity contribution is -0.144. The fourth-order valence-electron chi connectivity index (χ4n) is 0.989. The van der Waals surface area contributed by atoms with Gasteiger partial charge in [0.05, 0.1) is 12.8 Å². The molecule has 0 fully saturated rings. The molecule has 76 valence electrons. The fourth-order valence-corrected chi connectivity index (χ4v) is 0.989. The smallest absolute Gasteiger partial charge is 0.312 e. The Bertz CT molecular complexity index is 318. The highest BCUT2D eigenvalue weighted by Crippen LogP contribution is 2.04. The van der Waals surface area contributed by atoms with Gasteiger partial charge in [0.2, 0.25) is 5.91 Å². The summed E-state index contributed by atoms with van der Waals surface area (Å²) in [6, 6.07) is 3.44. The van der Waals surface area contributed by atoms with Crippen LogP contribution in [0.2, 0.25) is 0 Å². The summed E-state index contributed by atoms with van der Waals surface area (Å²) in [4.78, 5) is 22.7. The quantitative estimate of drug-likeness (QED) is 0.721. The van der Waals surface area contributed by atoms with Crippen LogP contribution in [-0.4, -0.2) is 28.9 Å². The molecule has 5 heteroatoms. The van der Waals surface area contributed by atoms with Gasteiger partial charge in [0.15, 0.2) is 0 Å². The molecule has 0 bridgehead atoms. The van der Waals surface area contributed by atoms with Crippen LogP contribution < -0.4 is 0 Å². The van der Waals surface area contributed by atoms with Gasteiger partial charge in [-0.3, -0.25) is 9.59 Å². The van der Waals surface area contributed by atoms with Gasteiger partial charge < -0.3 is 14.4 Å². The highest BCUT2D eigenvalue weighted by atomic mass is 16.4. The summed E-state index contributed by atoms with van der Waals surface area (Å²) in [5.41, 5.74) is 0. The standard InChI is InChI=1S/C9H11NO4/c1-10(8(11)5-9(12)13)6-7-3-2-4-14-7/h2-4H,5-6H2,1H3,(H,12,13). The lowest BCUT2D eigenvalue weighted by Crippen LogP contribution is -2.27. The van der Waals surface area contributed by atoms with E-state index in [4.69, 9.17) is 9.52 Å². The Morgan fingerprint density at radius 2 is 2.29 bits per heavy atom. The van der Waals surface area contributed by atoms with Crippen molar-refractivity contribution in [3.63, 3.8) is 0 Å². The summed E-state index contributed by atoms with van der Waals surface area (Å²) < 4.78 is 5.02. The van der Waals surface area contributed by atoms with Crippen molar-refractivity contribution >= 4 is 11.9 Å². The molecule has 1 aromatic rings. The molecule has 0 aliphatic heterocycles. The van der Waals surface area contributed by atoms with Crippen molar-refractivity contribution < 1.29 is 19.1 Å². The first kappa shape index (κ1) is 10.3. The highest BCUT2D eigenvalue weighted by Gasteiger charge is 2.13. The number of carbonyl (C=O) groups is 2. The van der Waals surface area contributed by atoms with Crippen LogP contribution in [0.5, 0.6) is 0 Å². The summed E-state index contributed by atoms with van der Waals surface area (Å²) in [5, 5.41) is 8.39. The van der Waals surface area contributed by atoms with E-state index in [0.29, 0.717) is 12.3 Å². The van der Waals surface area contributed by atoms with Gasteiger partial charge in [-0.2, -0.15) is 0 Å². The van der Waals surface area contributed by atoms with Gasteiger partial charge in [-0.15, -0.1) is 0 Å². The minimum atomic E-state index is -1.12. The summed E-state index contributed by atoms with van der Waals surface area (Å²) in [5.74, 6) is -0.929. The Morgan fingerprint density at radius 3 is 2.79 bits per heavy atom. The predicted molar refractivity (Wildman–Crippen MR) is 47.4 cm³/mol. The van der Waals surface area contributed by atoms with Gasteiger partial charge in [0.25, 0.3) is 0 Å². The third-order valence-electron chi connectivity index (χ3n) is 1.70.